The van der Waals surface area contributed by atoms with Gasteiger partial charge in [-0.3, -0.25) is 0 Å². The molecule has 0 aromatic carbocycles. The van der Waals surface area contributed by atoms with Crippen LogP contribution in [0.2, 0.25) is 0 Å². The fraction of sp³-hybridized carbons (Fsp3) is 0.667. The Balaban J connectivity index is 3.05. The summed E-state index contributed by atoms with van der Waals surface area (Å²) in [7, 11) is 1.95. The van der Waals surface area contributed by atoms with E-state index in [1.54, 1.807) is 11.8 Å². The Bertz CT molecular complexity index is 338. The molecule has 0 aliphatic heterocycles. The molecule has 0 aliphatic carbocycles. The molecule has 0 spiro atoms. The molecule has 1 aromatic rings. The van der Waals surface area contributed by atoms with E-state index in [4.69, 9.17) is 5.73 Å². The molecule has 86 valence electrons. The van der Waals surface area contributed by atoms with Crippen LogP contribution in [0.1, 0.15) is 13.8 Å². The van der Waals surface area contributed by atoms with Gasteiger partial charge in [-0.1, -0.05) is 0 Å². The van der Waals surface area contributed by atoms with Crippen molar-refractivity contribution in [1.29, 1.82) is 0 Å². The molecule has 0 unspecified atom stereocenters. The van der Waals surface area contributed by atoms with Gasteiger partial charge in [0.2, 0.25) is 0 Å². The lowest BCUT2D eigenvalue weighted by atomic mass is 10.1. The number of aliphatic hydroxyl groups excluding tert-OH is 1. The normalized spacial score (nSPS) is 11.8. The van der Waals surface area contributed by atoms with Gasteiger partial charge in [0.1, 0.15) is 5.00 Å². The lowest BCUT2D eigenvalue weighted by Crippen LogP contribution is -2.44. The average molecular weight is 247 g/mol. The Hall–Kier alpha value is -0.460. The van der Waals surface area contributed by atoms with E-state index in [0.717, 1.165) is 9.90 Å². The topological polar surface area (TPSA) is 62.4 Å². The zero-order valence-electron chi connectivity index (χ0n) is 9.44. The van der Waals surface area contributed by atoms with Gasteiger partial charge < -0.3 is 15.7 Å². The third-order valence-electron chi connectivity index (χ3n) is 2.46. The minimum Gasteiger partial charge on any atom is -0.394 e. The van der Waals surface area contributed by atoms with Crippen molar-refractivity contribution in [2.75, 3.05) is 30.5 Å². The van der Waals surface area contributed by atoms with E-state index in [9.17, 15) is 5.11 Å². The number of aromatic nitrogens is 1. The molecule has 1 heterocycles. The molecule has 6 heteroatoms. The van der Waals surface area contributed by atoms with Gasteiger partial charge in [0, 0.05) is 7.05 Å². The van der Waals surface area contributed by atoms with Crippen LogP contribution in [0.15, 0.2) is 4.90 Å². The van der Waals surface area contributed by atoms with Crippen molar-refractivity contribution in [1.82, 2.24) is 4.37 Å². The highest BCUT2D eigenvalue weighted by atomic mass is 32.2. The Morgan fingerprint density at radius 1 is 1.60 bits per heavy atom. The summed E-state index contributed by atoms with van der Waals surface area (Å²) in [6, 6.07) is 0. The minimum atomic E-state index is -0.302. The number of likely N-dealkylation sites (N-methyl/N-ethyl adjacent to an activating group) is 1. The summed E-state index contributed by atoms with van der Waals surface area (Å²) in [6.07, 6.45) is 1.98. The number of hydrogen-bond donors (Lipinski definition) is 2. The first-order valence-electron chi connectivity index (χ1n) is 4.58. The summed E-state index contributed by atoms with van der Waals surface area (Å²) in [5.74, 6) is 0.572. The summed E-state index contributed by atoms with van der Waals surface area (Å²) >= 11 is 2.95. The first-order valence-corrected chi connectivity index (χ1v) is 6.57. The lowest BCUT2D eigenvalue weighted by molar-refractivity contribution is 0.216. The monoisotopic (exact) mass is 247 g/mol. The highest BCUT2D eigenvalue weighted by Crippen LogP contribution is 2.39. The SMILES string of the molecule is CSc1c(N)nsc1N(C)C(C)(C)CO. The van der Waals surface area contributed by atoms with Gasteiger partial charge in [0.05, 0.1) is 17.0 Å². The summed E-state index contributed by atoms with van der Waals surface area (Å²) in [5.41, 5.74) is 5.46. The Kier molecular flexibility index (Phi) is 3.86. The smallest absolute Gasteiger partial charge is 0.153 e. The van der Waals surface area contributed by atoms with Crippen LogP contribution in [-0.2, 0) is 0 Å². The van der Waals surface area contributed by atoms with Gasteiger partial charge >= 0.3 is 0 Å². The second-order valence-electron chi connectivity index (χ2n) is 3.94. The second kappa shape index (κ2) is 4.59. The van der Waals surface area contributed by atoms with E-state index in [1.165, 1.54) is 11.5 Å². The van der Waals surface area contributed by atoms with Crippen molar-refractivity contribution in [2.45, 2.75) is 24.3 Å². The Labute approximate surface area is 98.6 Å². The molecule has 1 aromatic heterocycles. The largest absolute Gasteiger partial charge is 0.394 e. The third-order valence-corrected chi connectivity index (χ3v) is 4.34. The molecule has 0 fully saturated rings. The molecule has 4 nitrogen and oxygen atoms in total. The maximum Gasteiger partial charge on any atom is 0.153 e. The maximum atomic E-state index is 9.30. The van der Waals surface area contributed by atoms with Crippen molar-refractivity contribution in [3.63, 3.8) is 0 Å². The summed E-state index contributed by atoms with van der Waals surface area (Å²) in [4.78, 5) is 3.01. The fourth-order valence-corrected chi connectivity index (χ4v) is 2.89. The van der Waals surface area contributed by atoms with Crippen molar-refractivity contribution in [3.05, 3.63) is 0 Å². The predicted molar refractivity (Wildman–Crippen MR) is 67.9 cm³/mol. The highest BCUT2D eigenvalue weighted by Gasteiger charge is 2.27. The molecular formula is C9H17N3OS2. The molecule has 0 atom stereocenters. The first kappa shape index (κ1) is 12.6. The molecule has 0 amide bonds. The molecule has 3 N–H and O–H groups in total. The number of anilines is 2. The molecule has 0 saturated carbocycles. The van der Waals surface area contributed by atoms with Crippen LogP contribution in [0, 0.1) is 0 Å². The molecular weight excluding hydrogens is 230 g/mol. The number of nitrogens with two attached hydrogens (primary N) is 1. The summed E-state index contributed by atoms with van der Waals surface area (Å²) in [5, 5.41) is 10.3. The summed E-state index contributed by atoms with van der Waals surface area (Å²) in [6.45, 7) is 4.05. The number of rotatable bonds is 4. The van der Waals surface area contributed by atoms with Crippen LogP contribution in [0.4, 0.5) is 10.8 Å². The molecule has 0 bridgehead atoms. The first-order chi connectivity index (χ1) is 6.94. The molecule has 0 radical (unpaired) electrons. The Morgan fingerprint density at radius 2 is 2.20 bits per heavy atom. The van der Waals surface area contributed by atoms with E-state index >= 15 is 0 Å². The quantitative estimate of drug-likeness (QED) is 0.792. The Morgan fingerprint density at radius 3 is 2.67 bits per heavy atom. The number of nitrogens with zero attached hydrogens (tertiary/aromatic N) is 2. The number of aliphatic hydroxyl groups is 1. The lowest BCUT2D eigenvalue weighted by Gasteiger charge is -2.34. The van der Waals surface area contributed by atoms with Crippen molar-refractivity contribution < 1.29 is 5.11 Å². The van der Waals surface area contributed by atoms with Crippen molar-refractivity contribution in [2.24, 2.45) is 0 Å². The van der Waals surface area contributed by atoms with E-state index in [1.807, 2.05) is 32.1 Å². The van der Waals surface area contributed by atoms with E-state index in [-0.39, 0.29) is 12.1 Å². The van der Waals surface area contributed by atoms with Gasteiger partial charge in [-0.05, 0) is 31.6 Å². The van der Waals surface area contributed by atoms with E-state index < -0.39 is 0 Å². The number of hydrogen-bond acceptors (Lipinski definition) is 6. The van der Waals surface area contributed by atoms with E-state index in [0.29, 0.717) is 5.82 Å². The summed E-state index contributed by atoms with van der Waals surface area (Å²) < 4.78 is 4.13. The molecule has 15 heavy (non-hydrogen) atoms. The van der Waals surface area contributed by atoms with Crippen LogP contribution >= 0.6 is 23.3 Å². The zero-order valence-corrected chi connectivity index (χ0v) is 11.1. The number of nitrogen functional groups attached to an aromatic ring is 1. The number of thioether (sulfide) groups is 1. The molecule has 1 rings (SSSR count). The van der Waals surface area contributed by atoms with E-state index in [2.05, 4.69) is 4.37 Å². The van der Waals surface area contributed by atoms with Gasteiger partial charge in [-0.25, -0.2) is 0 Å². The molecule has 0 aliphatic rings. The zero-order chi connectivity index (χ0) is 11.6. The van der Waals surface area contributed by atoms with Crippen LogP contribution in [0.25, 0.3) is 0 Å². The molecule has 0 saturated heterocycles. The minimum absolute atomic E-state index is 0.0924. The average Bonchev–Trinajstić information content (AvgIpc) is 2.58. The van der Waals surface area contributed by atoms with Gasteiger partial charge in [-0.2, -0.15) is 4.37 Å². The predicted octanol–water partition coefficient (Wildman–Crippen LogP) is 1.65. The van der Waals surface area contributed by atoms with Crippen LogP contribution in [0.3, 0.4) is 0 Å². The fourth-order valence-electron chi connectivity index (χ4n) is 1.07. The second-order valence-corrected chi connectivity index (χ2v) is 5.50. The standard InChI is InChI=1S/C9H17N3OS2/c1-9(2,5-13)12(3)8-6(14-4)7(10)11-15-8/h13H,5H2,1-4H3,(H2,10,11). The van der Waals surface area contributed by atoms with Crippen LogP contribution < -0.4 is 10.6 Å². The highest BCUT2D eigenvalue weighted by molar-refractivity contribution is 7.99. The van der Waals surface area contributed by atoms with Gasteiger partial charge in [0.15, 0.2) is 5.82 Å². The van der Waals surface area contributed by atoms with Crippen molar-refractivity contribution in [3.8, 4) is 0 Å². The third kappa shape index (κ3) is 2.38. The van der Waals surface area contributed by atoms with Gasteiger partial charge in [0.25, 0.3) is 0 Å². The maximum absolute atomic E-state index is 9.30. The van der Waals surface area contributed by atoms with Crippen LogP contribution in [0.5, 0.6) is 0 Å². The van der Waals surface area contributed by atoms with Crippen molar-refractivity contribution >= 4 is 34.1 Å². The van der Waals surface area contributed by atoms with Crippen LogP contribution in [-0.4, -0.2) is 34.9 Å². The van der Waals surface area contributed by atoms with Gasteiger partial charge in [-0.15, -0.1) is 11.8 Å².